The van der Waals surface area contributed by atoms with Gasteiger partial charge in [0, 0.05) is 18.0 Å². The number of carbonyl (C=O) groups excluding carboxylic acids is 1. The van der Waals surface area contributed by atoms with Crippen molar-refractivity contribution in [3.8, 4) is 0 Å². The molecule has 0 aliphatic carbocycles. The largest absolute Gasteiger partial charge is 0.336 e. The zero-order valence-electron chi connectivity index (χ0n) is 11.9. The molecule has 0 spiro atoms. The first-order valence-corrected chi connectivity index (χ1v) is 9.86. The molecule has 4 nitrogen and oxygen atoms in total. The number of hydrogen-bond donors (Lipinski definition) is 0. The van der Waals surface area contributed by atoms with Crippen LogP contribution in [0.15, 0.2) is 35.7 Å². The monoisotopic (exact) mass is 373 g/mol. The Labute approximate surface area is 142 Å². The Morgan fingerprint density at radius 2 is 2.09 bits per heavy atom. The predicted octanol–water partition coefficient (Wildman–Crippen LogP) is 3.15. The summed E-state index contributed by atoms with van der Waals surface area (Å²) in [5, 5.41) is 0.903. The fraction of sp³-hybridized carbons (Fsp3) is 0.267. The highest BCUT2D eigenvalue weighted by molar-refractivity contribution is 7.91. The van der Waals surface area contributed by atoms with E-state index in [0.717, 1.165) is 0 Å². The smallest absolute Gasteiger partial charge is 0.256 e. The lowest BCUT2D eigenvalue weighted by atomic mass is 10.1. The van der Waals surface area contributed by atoms with Crippen molar-refractivity contribution in [1.82, 2.24) is 4.90 Å². The van der Waals surface area contributed by atoms with Crippen LogP contribution in [0, 0.1) is 5.82 Å². The van der Waals surface area contributed by atoms with E-state index < -0.39 is 26.8 Å². The molecular formula is C15H13ClFNO3S2. The van der Waals surface area contributed by atoms with Crippen LogP contribution in [0.2, 0.25) is 5.02 Å². The Bertz CT molecular complexity index is 836. The van der Waals surface area contributed by atoms with Crippen LogP contribution in [0.1, 0.15) is 20.5 Å². The van der Waals surface area contributed by atoms with Crippen molar-refractivity contribution in [3.63, 3.8) is 0 Å². The Hall–Kier alpha value is -1.44. The molecule has 0 saturated carbocycles. The molecule has 1 saturated heterocycles. The van der Waals surface area contributed by atoms with Gasteiger partial charge in [0.2, 0.25) is 0 Å². The third-order valence-corrected chi connectivity index (χ3v) is 7.24. The molecule has 1 atom stereocenters. The first kappa shape index (κ1) is 16.4. The number of nitrogens with zero attached hydrogens (tertiary/aromatic N) is 1. The molecule has 8 heteroatoms. The van der Waals surface area contributed by atoms with Gasteiger partial charge >= 0.3 is 0 Å². The number of amides is 1. The summed E-state index contributed by atoms with van der Waals surface area (Å²) < 4.78 is 38.6. The van der Waals surface area contributed by atoms with Crippen LogP contribution in [0.5, 0.6) is 0 Å². The van der Waals surface area contributed by atoms with Crippen molar-refractivity contribution in [1.29, 1.82) is 0 Å². The Morgan fingerprint density at radius 1 is 1.30 bits per heavy atom. The minimum absolute atomic E-state index is 0.0215. The summed E-state index contributed by atoms with van der Waals surface area (Å²) in [6, 6.07) is 7.72. The number of sulfone groups is 1. The van der Waals surface area contributed by atoms with Gasteiger partial charge in [-0.1, -0.05) is 23.7 Å². The molecule has 1 fully saturated rings. The average molecular weight is 374 g/mol. The highest BCUT2D eigenvalue weighted by Gasteiger charge is 2.37. The predicted molar refractivity (Wildman–Crippen MR) is 88.2 cm³/mol. The summed E-state index contributed by atoms with van der Waals surface area (Å²) >= 11 is 7.05. The molecule has 3 rings (SSSR count). The molecule has 122 valence electrons. The van der Waals surface area contributed by atoms with Crippen LogP contribution >= 0.6 is 22.9 Å². The standard InChI is InChI=1S/C15H13ClFNO3S2/c16-11-4-1-3-10(14(11)17)15(19)18-6-8-23(20,21)13(9-18)12-5-2-7-22-12/h1-5,7,13H,6,8-9H2. The molecule has 2 aromatic rings. The van der Waals surface area contributed by atoms with E-state index in [0.29, 0.717) is 4.88 Å². The van der Waals surface area contributed by atoms with Crippen LogP contribution in [0.3, 0.4) is 0 Å². The van der Waals surface area contributed by atoms with Gasteiger partial charge in [-0.15, -0.1) is 11.3 Å². The van der Waals surface area contributed by atoms with E-state index in [-0.39, 0.29) is 29.4 Å². The molecule has 1 aliphatic rings. The van der Waals surface area contributed by atoms with Crippen molar-refractivity contribution in [2.45, 2.75) is 5.25 Å². The molecule has 2 heterocycles. The number of halogens is 2. The Kier molecular flexibility index (Phi) is 4.44. The third-order valence-electron chi connectivity index (χ3n) is 3.80. The second kappa shape index (κ2) is 6.22. The zero-order chi connectivity index (χ0) is 16.6. The summed E-state index contributed by atoms with van der Waals surface area (Å²) in [7, 11) is -3.32. The molecule has 1 amide bonds. The second-order valence-electron chi connectivity index (χ2n) is 5.22. The molecule has 1 aromatic carbocycles. The van der Waals surface area contributed by atoms with E-state index in [4.69, 9.17) is 11.6 Å². The number of rotatable bonds is 2. The summed E-state index contributed by atoms with van der Waals surface area (Å²) in [4.78, 5) is 14.6. The summed E-state index contributed by atoms with van der Waals surface area (Å²) in [6.07, 6.45) is 0. The van der Waals surface area contributed by atoms with Gasteiger partial charge in [-0.3, -0.25) is 4.79 Å². The van der Waals surface area contributed by atoms with Crippen LogP contribution < -0.4 is 0 Å². The molecule has 1 aromatic heterocycles. The molecule has 0 bridgehead atoms. The van der Waals surface area contributed by atoms with Crippen LogP contribution in [0.4, 0.5) is 4.39 Å². The van der Waals surface area contributed by atoms with Gasteiger partial charge in [-0.05, 0) is 23.6 Å². The minimum Gasteiger partial charge on any atom is -0.336 e. The molecule has 0 N–H and O–H groups in total. The quantitative estimate of drug-likeness (QED) is 0.812. The van der Waals surface area contributed by atoms with E-state index in [1.54, 1.807) is 17.5 Å². The van der Waals surface area contributed by atoms with Gasteiger partial charge < -0.3 is 4.90 Å². The van der Waals surface area contributed by atoms with Gasteiger partial charge in [-0.2, -0.15) is 0 Å². The highest BCUT2D eigenvalue weighted by atomic mass is 35.5. The van der Waals surface area contributed by atoms with E-state index in [9.17, 15) is 17.6 Å². The number of carbonyl (C=O) groups is 1. The van der Waals surface area contributed by atoms with E-state index in [1.807, 2.05) is 0 Å². The fourth-order valence-electron chi connectivity index (χ4n) is 2.55. The van der Waals surface area contributed by atoms with Gasteiger partial charge in [0.25, 0.3) is 5.91 Å². The van der Waals surface area contributed by atoms with Gasteiger partial charge in [0.1, 0.15) is 5.25 Å². The first-order valence-electron chi connectivity index (χ1n) is 6.88. The minimum atomic E-state index is -3.32. The van der Waals surface area contributed by atoms with Crippen molar-refractivity contribution in [3.05, 3.63) is 57.0 Å². The maximum absolute atomic E-state index is 14.0. The van der Waals surface area contributed by atoms with E-state index >= 15 is 0 Å². The lowest BCUT2D eigenvalue weighted by Gasteiger charge is -2.32. The van der Waals surface area contributed by atoms with Crippen LogP contribution in [-0.2, 0) is 9.84 Å². The number of hydrogen-bond acceptors (Lipinski definition) is 4. The molecule has 1 unspecified atom stereocenters. The Balaban J connectivity index is 1.90. The van der Waals surface area contributed by atoms with Crippen LogP contribution in [0.25, 0.3) is 0 Å². The average Bonchev–Trinajstić information content (AvgIpc) is 3.03. The number of thiophene rings is 1. The van der Waals surface area contributed by atoms with Crippen LogP contribution in [-0.4, -0.2) is 38.1 Å². The topological polar surface area (TPSA) is 54.5 Å². The number of benzene rings is 1. The molecule has 1 aliphatic heterocycles. The molecule has 23 heavy (non-hydrogen) atoms. The Morgan fingerprint density at radius 3 is 2.78 bits per heavy atom. The van der Waals surface area contributed by atoms with E-state index in [2.05, 4.69) is 0 Å². The first-order chi connectivity index (χ1) is 10.9. The summed E-state index contributed by atoms with van der Waals surface area (Å²) in [5.41, 5.74) is -0.137. The van der Waals surface area contributed by atoms with Crippen molar-refractivity contribution in [2.24, 2.45) is 0 Å². The maximum atomic E-state index is 14.0. The van der Waals surface area contributed by atoms with Gasteiger partial charge in [0.15, 0.2) is 15.7 Å². The van der Waals surface area contributed by atoms with Gasteiger partial charge in [-0.25, -0.2) is 12.8 Å². The molecular weight excluding hydrogens is 361 g/mol. The molecule has 0 radical (unpaired) electrons. The summed E-state index contributed by atoms with van der Waals surface area (Å²) in [5.74, 6) is -1.45. The lowest BCUT2D eigenvalue weighted by molar-refractivity contribution is 0.0754. The summed E-state index contributed by atoms with van der Waals surface area (Å²) in [6.45, 7) is 0.0721. The second-order valence-corrected chi connectivity index (χ2v) is 8.91. The lowest BCUT2D eigenvalue weighted by Crippen LogP contribution is -2.45. The highest BCUT2D eigenvalue weighted by Crippen LogP contribution is 2.32. The van der Waals surface area contributed by atoms with Gasteiger partial charge in [0.05, 0.1) is 16.3 Å². The van der Waals surface area contributed by atoms with E-state index in [1.165, 1.54) is 34.4 Å². The zero-order valence-corrected chi connectivity index (χ0v) is 14.3. The third kappa shape index (κ3) is 3.13. The normalized spacial score (nSPS) is 20.4. The fourth-order valence-corrected chi connectivity index (χ4v) is 5.63. The van der Waals surface area contributed by atoms with Crippen molar-refractivity contribution in [2.75, 3.05) is 18.8 Å². The van der Waals surface area contributed by atoms with Crippen molar-refractivity contribution < 1.29 is 17.6 Å². The SMILES string of the molecule is O=C(c1cccc(Cl)c1F)N1CCS(=O)(=O)C(c2cccs2)C1. The van der Waals surface area contributed by atoms with Crippen molar-refractivity contribution >= 4 is 38.7 Å². The maximum Gasteiger partial charge on any atom is 0.256 e.